The summed E-state index contributed by atoms with van der Waals surface area (Å²) in [4.78, 5) is 16.9. The number of hydrogen-bond acceptors (Lipinski definition) is 7. The van der Waals surface area contributed by atoms with Gasteiger partial charge in [-0.15, -0.1) is 11.3 Å². The van der Waals surface area contributed by atoms with Crippen LogP contribution in [0.25, 0.3) is 0 Å². The molecule has 1 N–H and O–H groups in total. The van der Waals surface area contributed by atoms with E-state index in [2.05, 4.69) is 22.3 Å². The molecule has 3 heterocycles. The Bertz CT molecular complexity index is 983. The lowest BCUT2D eigenvalue weighted by Crippen LogP contribution is -2.50. The summed E-state index contributed by atoms with van der Waals surface area (Å²) in [5, 5.41) is 4.80. The Morgan fingerprint density at radius 1 is 0.938 bits per heavy atom. The van der Waals surface area contributed by atoms with Crippen molar-refractivity contribution in [3.63, 3.8) is 0 Å². The molecule has 0 saturated carbocycles. The van der Waals surface area contributed by atoms with Crippen LogP contribution < -0.4 is 5.32 Å². The molecule has 8 nitrogen and oxygen atoms in total. The molecular formula is C22H30N4O4S2. The summed E-state index contributed by atoms with van der Waals surface area (Å²) in [6, 6.07) is 11.6. The van der Waals surface area contributed by atoms with Gasteiger partial charge < -0.3 is 10.1 Å². The van der Waals surface area contributed by atoms with Gasteiger partial charge in [0.05, 0.1) is 19.8 Å². The highest BCUT2D eigenvalue weighted by Crippen LogP contribution is 2.22. The third-order valence-electron chi connectivity index (χ3n) is 5.88. The van der Waals surface area contributed by atoms with E-state index in [0.29, 0.717) is 36.9 Å². The van der Waals surface area contributed by atoms with E-state index < -0.39 is 10.0 Å². The summed E-state index contributed by atoms with van der Waals surface area (Å²) < 4.78 is 32.6. The maximum absolute atomic E-state index is 12.6. The summed E-state index contributed by atoms with van der Waals surface area (Å²) in [5.74, 6) is -0.0410. The molecule has 174 valence electrons. The van der Waals surface area contributed by atoms with Gasteiger partial charge in [-0.25, -0.2) is 8.42 Å². The first-order valence-electron chi connectivity index (χ1n) is 10.9. The molecule has 0 unspecified atom stereocenters. The number of ether oxygens (including phenoxy) is 1. The summed E-state index contributed by atoms with van der Waals surface area (Å²) in [7, 11) is -3.42. The zero-order valence-corrected chi connectivity index (χ0v) is 19.7. The van der Waals surface area contributed by atoms with Crippen LogP contribution in [0.3, 0.4) is 0 Å². The van der Waals surface area contributed by atoms with E-state index in [1.54, 1.807) is 17.5 Å². The second kappa shape index (κ2) is 10.9. The lowest BCUT2D eigenvalue weighted by Gasteiger charge is -2.33. The van der Waals surface area contributed by atoms with Gasteiger partial charge in [0, 0.05) is 52.4 Å². The lowest BCUT2D eigenvalue weighted by molar-refractivity contribution is -0.122. The molecule has 2 aromatic rings. The van der Waals surface area contributed by atoms with Crippen LogP contribution >= 0.6 is 11.3 Å². The summed E-state index contributed by atoms with van der Waals surface area (Å²) >= 11 is 1.23. The van der Waals surface area contributed by atoms with Gasteiger partial charge in [0.2, 0.25) is 5.91 Å². The van der Waals surface area contributed by atoms with Crippen molar-refractivity contribution in [3.8, 4) is 0 Å². The molecule has 10 heteroatoms. The van der Waals surface area contributed by atoms with Crippen molar-refractivity contribution in [2.75, 3.05) is 59.0 Å². The number of morpholine rings is 1. The average Bonchev–Trinajstić information content (AvgIpc) is 3.36. The number of amides is 1. The fraction of sp³-hybridized carbons (Fsp3) is 0.500. The Morgan fingerprint density at radius 3 is 2.34 bits per heavy atom. The van der Waals surface area contributed by atoms with Gasteiger partial charge in [0.15, 0.2) is 0 Å². The molecule has 32 heavy (non-hydrogen) atoms. The number of nitrogens with zero attached hydrogens (tertiary/aromatic N) is 3. The van der Waals surface area contributed by atoms with E-state index >= 15 is 0 Å². The van der Waals surface area contributed by atoms with E-state index in [0.717, 1.165) is 38.4 Å². The van der Waals surface area contributed by atoms with Crippen LogP contribution in [0.1, 0.15) is 11.1 Å². The number of carbonyl (C=O) groups excluding carboxylic acids is 1. The molecule has 1 aromatic heterocycles. The Kier molecular flexibility index (Phi) is 7.93. The van der Waals surface area contributed by atoms with Gasteiger partial charge in [-0.2, -0.15) is 4.31 Å². The van der Waals surface area contributed by atoms with Crippen LogP contribution in [-0.4, -0.2) is 87.5 Å². The first-order chi connectivity index (χ1) is 15.5. The second-order valence-electron chi connectivity index (χ2n) is 8.05. The number of thiophene rings is 1. The monoisotopic (exact) mass is 478 g/mol. The largest absolute Gasteiger partial charge is 0.379 e. The molecular weight excluding hydrogens is 448 g/mol. The van der Waals surface area contributed by atoms with Gasteiger partial charge in [-0.1, -0.05) is 30.3 Å². The SMILES string of the molecule is O=C(CN1CCN(S(=O)(=O)c2cccs2)CC1)NCc1ccccc1CN1CCOCC1. The molecule has 0 bridgehead atoms. The normalized spacial score (nSPS) is 19.1. The Hall–Kier alpha value is -1.82. The highest BCUT2D eigenvalue weighted by molar-refractivity contribution is 7.91. The minimum atomic E-state index is -3.42. The van der Waals surface area contributed by atoms with Crippen molar-refractivity contribution in [1.82, 2.24) is 19.4 Å². The predicted octanol–water partition coefficient (Wildman–Crippen LogP) is 1.20. The van der Waals surface area contributed by atoms with Gasteiger partial charge in [0.25, 0.3) is 10.0 Å². The minimum absolute atomic E-state index is 0.0410. The molecule has 4 rings (SSSR count). The van der Waals surface area contributed by atoms with Crippen molar-refractivity contribution in [3.05, 3.63) is 52.9 Å². The molecule has 2 fully saturated rings. The number of nitrogens with one attached hydrogen (secondary N) is 1. The van der Waals surface area contributed by atoms with Gasteiger partial charge in [-0.3, -0.25) is 14.6 Å². The zero-order valence-electron chi connectivity index (χ0n) is 18.1. The van der Waals surface area contributed by atoms with Gasteiger partial charge in [0.1, 0.15) is 4.21 Å². The predicted molar refractivity (Wildman–Crippen MR) is 124 cm³/mol. The highest BCUT2D eigenvalue weighted by atomic mass is 32.2. The third-order valence-corrected chi connectivity index (χ3v) is 9.15. The molecule has 2 aliphatic heterocycles. The third kappa shape index (κ3) is 5.94. The summed E-state index contributed by atoms with van der Waals surface area (Å²) in [6.07, 6.45) is 0. The molecule has 0 radical (unpaired) electrons. The molecule has 1 aromatic carbocycles. The fourth-order valence-corrected chi connectivity index (χ4v) is 6.57. The first kappa shape index (κ1) is 23.3. The maximum Gasteiger partial charge on any atom is 0.252 e. The number of rotatable bonds is 8. The van der Waals surface area contributed by atoms with Crippen LogP contribution in [0.2, 0.25) is 0 Å². The molecule has 0 aliphatic carbocycles. The smallest absolute Gasteiger partial charge is 0.252 e. The van der Waals surface area contributed by atoms with Crippen LogP contribution in [0.4, 0.5) is 0 Å². The van der Waals surface area contributed by atoms with E-state index in [1.807, 2.05) is 17.0 Å². The lowest BCUT2D eigenvalue weighted by atomic mass is 10.1. The topological polar surface area (TPSA) is 82.2 Å². The average molecular weight is 479 g/mol. The number of sulfonamides is 1. The van der Waals surface area contributed by atoms with E-state index in [1.165, 1.54) is 21.2 Å². The number of hydrogen-bond donors (Lipinski definition) is 1. The molecule has 0 atom stereocenters. The molecule has 2 aliphatic rings. The number of carbonyl (C=O) groups is 1. The Morgan fingerprint density at radius 2 is 1.66 bits per heavy atom. The molecule has 1 amide bonds. The van der Waals surface area contributed by atoms with Crippen molar-refractivity contribution in [1.29, 1.82) is 0 Å². The van der Waals surface area contributed by atoms with Crippen molar-refractivity contribution in [2.45, 2.75) is 17.3 Å². The summed E-state index contributed by atoms with van der Waals surface area (Å²) in [6.45, 7) is 6.90. The Balaban J connectivity index is 1.24. The van der Waals surface area contributed by atoms with Crippen molar-refractivity contribution < 1.29 is 17.9 Å². The van der Waals surface area contributed by atoms with Gasteiger partial charge >= 0.3 is 0 Å². The molecule has 0 spiro atoms. The Labute approximate surface area is 193 Å². The van der Waals surface area contributed by atoms with E-state index in [-0.39, 0.29) is 12.5 Å². The van der Waals surface area contributed by atoms with E-state index in [4.69, 9.17) is 4.74 Å². The first-order valence-corrected chi connectivity index (χ1v) is 13.2. The number of piperazine rings is 1. The minimum Gasteiger partial charge on any atom is -0.379 e. The number of benzene rings is 1. The maximum atomic E-state index is 12.6. The van der Waals surface area contributed by atoms with Crippen molar-refractivity contribution in [2.24, 2.45) is 0 Å². The van der Waals surface area contributed by atoms with Crippen LogP contribution in [0.15, 0.2) is 46.0 Å². The van der Waals surface area contributed by atoms with E-state index in [9.17, 15) is 13.2 Å². The zero-order chi connectivity index (χ0) is 22.4. The highest BCUT2D eigenvalue weighted by Gasteiger charge is 2.29. The standard InChI is InChI=1S/C22H30N4O4S2/c27-21(18-24-7-9-26(10-8-24)32(28,29)22-6-3-15-31-22)23-16-19-4-1-2-5-20(19)17-25-11-13-30-14-12-25/h1-6,15H,7-14,16-18H2,(H,23,27). The fourth-order valence-electron chi connectivity index (χ4n) is 4.00. The van der Waals surface area contributed by atoms with Gasteiger partial charge in [-0.05, 0) is 22.6 Å². The van der Waals surface area contributed by atoms with Crippen LogP contribution in [-0.2, 0) is 32.6 Å². The molecule has 2 saturated heterocycles. The summed E-state index contributed by atoms with van der Waals surface area (Å²) in [5.41, 5.74) is 2.35. The van der Waals surface area contributed by atoms with Crippen molar-refractivity contribution >= 4 is 27.3 Å². The second-order valence-corrected chi connectivity index (χ2v) is 11.2. The quantitative estimate of drug-likeness (QED) is 0.614. The van der Waals surface area contributed by atoms with Crippen LogP contribution in [0, 0.1) is 0 Å². The van der Waals surface area contributed by atoms with Crippen LogP contribution in [0.5, 0.6) is 0 Å².